The van der Waals surface area contributed by atoms with Gasteiger partial charge in [-0.1, -0.05) is 6.92 Å². The third-order valence-corrected chi connectivity index (χ3v) is 3.88. The van der Waals surface area contributed by atoms with E-state index in [1.54, 1.807) is 0 Å². The lowest BCUT2D eigenvalue weighted by Crippen LogP contribution is -2.51. The fourth-order valence-corrected chi connectivity index (χ4v) is 2.49. The van der Waals surface area contributed by atoms with Crippen LogP contribution in [0.4, 0.5) is 0 Å². The number of hydrogen-bond acceptors (Lipinski definition) is 4. The molecule has 4 heteroatoms. The van der Waals surface area contributed by atoms with Crippen LogP contribution in [0.3, 0.4) is 0 Å². The van der Waals surface area contributed by atoms with Crippen LogP contribution in [0.25, 0.3) is 0 Å². The molecule has 0 amide bonds. The van der Waals surface area contributed by atoms with Crippen LogP contribution >= 0.6 is 0 Å². The summed E-state index contributed by atoms with van der Waals surface area (Å²) in [6, 6.07) is 2.48. The Kier molecular flexibility index (Phi) is 4.99. The summed E-state index contributed by atoms with van der Waals surface area (Å²) < 4.78 is 11.3. The lowest BCUT2D eigenvalue weighted by Gasteiger charge is -2.31. The van der Waals surface area contributed by atoms with E-state index in [4.69, 9.17) is 9.47 Å². The Balaban J connectivity index is 1.86. The molecule has 0 bridgehead atoms. The molecule has 1 saturated carbocycles. The van der Waals surface area contributed by atoms with Crippen LogP contribution in [0.2, 0.25) is 0 Å². The summed E-state index contributed by atoms with van der Waals surface area (Å²) in [5, 5.41) is 12.9. The lowest BCUT2D eigenvalue weighted by atomic mass is 9.95. The summed E-state index contributed by atoms with van der Waals surface area (Å²) in [6.07, 6.45) is 5.55. The van der Waals surface area contributed by atoms with Gasteiger partial charge in [0, 0.05) is 13.2 Å². The van der Waals surface area contributed by atoms with Crippen molar-refractivity contribution in [2.75, 3.05) is 26.4 Å². The molecule has 1 aliphatic heterocycles. The quantitative estimate of drug-likeness (QED) is 0.751. The maximum atomic E-state index is 9.53. The van der Waals surface area contributed by atoms with Gasteiger partial charge in [-0.05, 0) is 44.6 Å². The molecule has 0 aromatic rings. The van der Waals surface area contributed by atoms with E-state index in [0.717, 1.165) is 51.9 Å². The molecule has 2 aliphatic rings. The summed E-state index contributed by atoms with van der Waals surface area (Å²) in [6.45, 7) is 5.12. The van der Waals surface area contributed by atoms with Gasteiger partial charge in [-0.15, -0.1) is 0 Å². The van der Waals surface area contributed by atoms with Crippen molar-refractivity contribution in [3.05, 3.63) is 0 Å². The predicted molar refractivity (Wildman–Crippen MR) is 69.2 cm³/mol. The topological polar surface area (TPSA) is 54.3 Å². The van der Waals surface area contributed by atoms with Crippen LogP contribution in [0.15, 0.2) is 0 Å². The molecule has 0 aromatic heterocycles. The zero-order chi connectivity index (χ0) is 12.8. The monoisotopic (exact) mass is 252 g/mol. The van der Waals surface area contributed by atoms with Crippen LogP contribution in [0.5, 0.6) is 0 Å². The third-order valence-electron chi connectivity index (χ3n) is 3.88. The minimum Gasteiger partial charge on any atom is -0.381 e. The maximum Gasteiger partial charge on any atom is 0.133 e. The molecular formula is C14H24N2O2. The highest BCUT2D eigenvalue weighted by molar-refractivity contribution is 5.15. The standard InChI is InChI=1S/C14H24N2O2/c1-2-7-16-14(10-15,12-3-4-12)11-18-13-5-8-17-9-6-13/h12-13,16H,2-9,11H2,1H3. The first-order chi connectivity index (χ1) is 8.80. The zero-order valence-electron chi connectivity index (χ0n) is 11.3. The maximum absolute atomic E-state index is 9.53. The Morgan fingerprint density at radius 3 is 2.61 bits per heavy atom. The van der Waals surface area contributed by atoms with Gasteiger partial charge in [-0.2, -0.15) is 5.26 Å². The van der Waals surface area contributed by atoms with E-state index in [0.29, 0.717) is 12.5 Å². The Labute approximate surface area is 110 Å². The number of rotatable bonds is 7. The fourth-order valence-electron chi connectivity index (χ4n) is 2.49. The van der Waals surface area contributed by atoms with Crippen LogP contribution in [0.1, 0.15) is 39.0 Å². The average Bonchev–Trinajstić information content (AvgIpc) is 3.26. The van der Waals surface area contributed by atoms with E-state index < -0.39 is 5.54 Å². The number of hydrogen-bond donors (Lipinski definition) is 1. The van der Waals surface area contributed by atoms with Gasteiger partial charge in [0.1, 0.15) is 5.54 Å². The first-order valence-corrected chi connectivity index (χ1v) is 7.16. The van der Waals surface area contributed by atoms with Crippen LogP contribution in [-0.2, 0) is 9.47 Å². The smallest absolute Gasteiger partial charge is 0.133 e. The van der Waals surface area contributed by atoms with Gasteiger partial charge in [0.15, 0.2) is 0 Å². The summed E-state index contributed by atoms with van der Waals surface area (Å²) in [5.41, 5.74) is -0.450. The van der Waals surface area contributed by atoms with E-state index >= 15 is 0 Å². The van der Waals surface area contributed by atoms with Crippen LogP contribution in [0, 0.1) is 17.2 Å². The summed E-state index contributed by atoms with van der Waals surface area (Å²) in [5.74, 6) is 0.480. The SMILES string of the molecule is CCCNC(C#N)(COC1CCOCC1)C1CC1. The third kappa shape index (κ3) is 3.44. The molecule has 0 radical (unpaired) electrons. The molecule has 1 N–H and O–H groups in total. The second-order valence-corrected chi connectivity index (χ2v) is 5.41. The van der Waals surface area contributed by atoms with Crippen molar-refractivity contribution in [2.24, 2.45) is 5.92 Å². The largest absolute Gasteiger partial charge is 0.381 e. The van der Waals surface area contributed by atoms with Gasteiger partial charge in [-0.3, -0.25) is 5.32 Å². The molecule has 1 aliphatic carbocycles. The highest BCUT2D eigenvalue weighted by atomic mass is 16.5. The molecule has 1 atom stereocenters. The first-order valence-electron chi connectivity index (χ1n) is 7.16. The van der Waals surface area contributed by atoms with Gasteiger partial charge in [0.2, 0.25) is 0 Å². The average molecular weight is 252 g/mol. The van der Waals surface area contributed by atoms with Gasteiger partial charge in [-0.25, -0.2) is 0 Å². The Morgan fingerprint density at radius 1 is 1.33 bits per heavy atom. The number of ether oxygens (including phenoxy) is 2. The molecule has 102 valence electrons. The van der Waals surface area contributed by atoms with E-state index in [9.17, 15) is 5.26 Å². The van der Waals surface area contributed by atoms with Crippen molar-refractivity contribution in [1.29, 1.82) is 5.26 Å². The Bertz CT molecular complexity index is 293. The number of nitrogens with one attached hydrogen (secondary N) is 1. The van der Waals surface area contributed by atoms with Crippen molar-refractivity contribution >= 4 is 0 Å². The summed E-state index contributed by atoms with van der Waals surface area (Å²) >= 11 is 0. The highest BCUT2D eigenvalue weighted by Crippen LogP contribution is 2.40. The van der Waals surface area contributed by atoms with E-state index in [-0.39, 0.29) is 6.10 Å². The van der Waals surface area contributed by atoms with Crippen molar-refractivity contribution < 1.29 is 9.47 Å². The predicted octanol–water partition coefficient (Wildman–Crippen LogP) is 1.85. The van der Waals surface area contributed by atoms with Gasteiger partial charge in [0.05, 0.1) is 18.8 Å². The molecule has 1 heterocycles. The minimum atomic E-state index is -0.450. The molecule has 1 unspecified atom stereocenters. The zero-order valence-corrected chi connectivity index (χ0v) is 11.3. The fraction of sp³-hybridized carbons (Fsp3) is 0.929. The summed E-state index contributed by atoms with van der Waals surface area (Å²) in [4.78, 5) is 0. The summed E-state index contributed by atoms with van der Waals surface area (Å²) in [7, 11) is 0. The molecular weight excluding hydrogens is 228 g/mol. The number of nitrogens with zero attached hydrogens (tertiary/aromatic N) is 1. The first kappa shape index (κ1) is 13.8. The van der Waals surface area contributed by atoms with Gasteiger partial charge >= 0.3 is 0 Å². The Hall–Kier alpha value is -0.630. The van der Waals surface area contributed by atoms with E-state index in [1.807, 2.05) is 0 Å². The second-order valence-electron chi connectivity index (χ2n) is 5.41. The van der Waals surface area contributed by atoms with E-state index in [2.05, 4.69) is 18.3 Å². The second kappa shape index (κ2) is 6.51. The molecule has 0 aromatic carbocycles. The highest BCUT2D eigenvalue weighted by Gasteiger charge is 2.46. The molecule has 0 spiro atoms. The molecule has 4 nitrogen and oxygen atoms in total. The molecule has 1 saturated heterocycles. The van der Waals surface area contributed by atoms with Crippen molar-refractivity contribution in [1.82, 2.24) is 5.32 Å². The van der Waals surface area contributed by atoms with Crippen molar-refractivity contribution in [3.8, 4) is 6.07 Å². The normalized spacial score (nSPS) is 24.4. The lowest BCUT2D eigenvalue weighted by molar-refractivity contribution is -0.0474. The molecule has 18 heavy (non-hydrogen) atoms. The van der Waals surface area contributed by atoms with Gasteiger partial charge in [0.25, 0.3) is 0 Å². The molecule has 2 rings (SSSR count). The van der Waals surface area contributed by atoms with E-state index in [1.165, 1.54) is 0 Å². The Morgan fingerprint density at radius 2 is 2.06 bits per heavy atom. The van der Waals surface area contributed by atoms with Crippen molar-refractivity contribution in [2.45, 2.75) is 50.7 Å². The minimum absolute atomic E-state index is 0.272. The molecule has 2 fully saturated rings. The van der Waals surface area contributed by atoms with Crippen LogP contribution in [-0.4, -0.2) is 38.0 Å². The van der Waals surface area contributed by atoms with Crippen LogP contribution < -0.4 is 5.32 Å². The van der Waals surface area contributed by atoms with Gasteiger partial charge < -0.3 is 9.47 Å². The number of nitriles is 1. The van der Waals surface area contributed by atoms with Crippen molar-refractivity contribution in [3.63, 3.8) is 0 Å².